The van der Waals surface area contributed by atoms with Crippen molar-refractivity contribution in [1.29, 1.82) is 0 Å². The Balaban J connectivity index is 2.58. The van der Waals surface area contributed by atoms with Crippen molar-refractivity contribution in [3.63, 3.8) is 0 Å². The number of aromatic nitrogens is 2. The number of hydrogen-bond donors (Lipinski definition) is 0. The second-order valence-corrected chi connectivity index (χ2v) is 7.88. The van der Waals surface area contributed by atoms with Crippen LogP contribution < -0.4 is 4.90 Å². The molecular weight excluding hydrogens is 385 g/mol. The first kappa shape index (κ1) is 14.2. The number of nitrogens with zero attached hydrogens (tertiary/aromatic N) is 3. The Morgan fingerprint density at radius 2 is 2.06 bits per heavy atom. The summed E-state index contributed by atoms with van der Waals surface area (Å²) in [6, 6.07) is 0.110. The first-order chi connectivity index (χ1) is 8.43. The molecule has 0 radical (unpaired) electrons. The van der Waals surface area contributed by atoms with Gasteiger partial charge in [-0.25, -0.2) is 4.98 Å². The zero-order chi connectivity index (χ0) is 13.5. The maximum absolute atomic E-state index is 12.5. The molecule has 1 aromatic heterocycles. The lowest BCUT2D eigenvalue weighted by Gasteiger charge is -2.26. The number of anilines is 1. The van der Waals surface area contributed by atoms with E-state index >= 15 is 0 Å². The van der Waals surface area contributed by atoms with Crippen molar-refractivity contribution in [1.82, 2.24) is 9.97 Å². The van der Waals surface area contributed by atoms with Crippen molar-refractivity contribution in [2.45, 2.75) is 36.0 Å². The van der Waals surface area contributed by atoms with Crippen LogP contribution in [0.4, 0.5) is 5.82 Å². The number of fused-ring (bicyclic) bond motifs is 1. The summed E-state index contributed by atoms with van der Waals surface area (Å²) in [5, 5.41) is 0.148. The van der Waals surface area contributed by atoms with E-state index in [1.165, 1.54) is 0 Å². The molecular formula is C11H12Br2ClN3O. The van der Waals surface area contributed by atoms with Gasteiger partial charge in [0.1, 0.15) is 5.82 Å². The minimum atomic E-state index is -0.942. The summed E-state index contributed by atoms with van der Waals surface area (Å²) in [7, 11) is 0. The van der Waals surface area contributed by atoms with Crippen LogP contribution in [0.25, 0.3) is 0 Å². The number of carbonyl (C=O) groups excluding carboxylic acids is 1. The third kappa shape index (κ3) is 2.08. The van der Waals surface area contributed by atoms with Crippen LogP contribution in [-0.2, 0) is 8.03 Å². The highest BCUT2D eigenvalue weighted by Crippen LogP contribution is 2.50. The molecule has 0 N–H and O–H groups in total. The number of hydrogen-bond acceptors (Lipinski definition) is 3. The molecule has 0 saturated heterocycles. The quantitative estimate of drug-likeness (QED) is 0.578. The third-order valence-corrected chi connectivity index (χ3v) is 4.82. The van der Waals surface area contributed by atoms with E-state index in [0.29, 0.717) is 11.4 Å². The van der Waals surface area contributed by atoms with Crippen LogP contribution in [0.2, 0.25) is 5.28 Å². The van der Waals surface area contributed by atoms with Gasteiger partial charge < -0.3 is 0 Å². The molecule has 1 aliphatic heterocycles. The summed E-state index contributed by atoms with van der Waals surface area (Å²) in [4.78, 5) is 22.3. The van der Waals surface area contributed by atoms with Crippen molar-refractivity contribution < 1.29 is 4.79 Å². The molecule has 0 spiro atoms. The molecule has 0 saturated carbocycles. The van der Waals surface area contributed by atoms with Gasteiger partial charge in [0, 0.05) is 12.2 Å². The van der Waals surface area contributed by atoms with Gasteiger partial charge in [-0.3, -0.25) is 9.69 Å². The Bertz CT molecular complexity index is 491. The predicted octanol–water partition coefficient (Wildman–Crippen LogP) is 3.61. The van der Waals surface area contributed by atoms with Gasteiger partial charge in [0.05, 0.1) is 5.56 Å². The molecule has 98 valence electrons. The van der Waals surface area contributed by atoms with Crippen LogP contribution >= 0.6 is 43.5 Å². The molecule has 4 nitrogen and oxygen atoms in total. The lowest BCUT2D eigenvalue weighted by molar-refractivity contribution is -0.118. The summed E-state index contributed by atoms with van der Waals surface area (Å²) < 4.78 is -0.942. The van der Waals surface area contributed by atoms with E-state index in [9.17, 15) is 4.79 Å². The summed E-state index contributed by atoms with van der Waals surface area (Å²) in [6.07, 6.45) is 3.30. The Hall–Kier alpha value is -0.200. The second kappa shape index (κ2) is 5.06. The van der Waals surface area contributed by atoms with Gasteiger partial charge in [-0.2, -0.15) is 4.98 Å². The topological polar surface area (TPSA) is 46.1 Å². The van der Waals surface area contributed by atoms with E-state index < -0.39 is 3.23 Å². The largest absolute Gasteiger partial charge is 0.291 e. The van der Waals surface area contributed by atoms with Crippen LogP contribution in [-0.4, -0.2) is 21.9 Å². The van der Waals surface area contributed by atoms with Crippen LogP contribution in [0.1, 0.15) is 32.3 Å². The van der Waals surface area contributed by atoms with Crippen LogP contribution in [0.3, 0.4) is 0 Å². The van der Waals surface area contributed by atoms with Crippen LogP contribution in [0.5, 0.6) is 0 Å². The fourth-order valence-electron chi connectivity index (χ4n) is 2.11. The highest BCUT2D eigenvalue weighted by atomic mass is 79.9. The molecule has 1 amide bonds. The lowest BCUT2D eigenvalue weighted by Crippen LogP contribution is -2.40. The standard InChI is InChI=1S/C11H12Br2ClN3O/c1-3-6(4-2)17-8-7(5-15-10(14)16-8)11(12,13)9(17)18/h5-6H,3-4H2,1-2H3. The average Bonchev–Trinajstić information content (AvgIpc) is 2.51. The monoisotopic (exact) mass is 395 g/mol. The number of rotatable bonds is 3. The van der Waals surface area contributed by atoms with Gasteiger partial charge in [0.15, 0.2) is 3.23 Å². The van der Waals surface area contributed by atoms with Crippen LogP contribution in [0, 0.1) is 0 Å². The number of carbonyl (C=O) groups is 1. The highest BCUT2D eigenvalue weighted by molar-refractivity contribution is 9.25. The van der Waals surface area contributed by atoms with E-state index in [-0.39, 0.29) is 17.2 Å². The predicted molar refractivity (Wildman–Crippen MR) is 78.4 cm³/mol. The first-order valence-corrected chi connectivity index (χ1v) is 7.64. The second-order valence-electron chi connectivity index (χ2n) is 4.10. The molecule has 18 heavy (non-hydrogen) atoms. The van der Waals surface area contributed by atoms with E-state index in [0.717, 1.165) is 12.8 Å². The van der Waals surface area contributed by atoms with Crippen LogP contribution in [0.15, 0.2) is 6.20 Å². The molecule has 0 unspecified atom stereocenters. The third-order valence-electron chi connectivity index (χ3n) is 3.10. The molecule has 1 aliphatic rings. The van der Waals surface area contributed by atoms with Gasteiger partial charge in [-0.1, -0.05) is 45.7 Å². The fourth-order valence-corrected chi connectivity index (χ4v) is 3.18. The summed E-state index contributed by atoms with van der Waals surface area (Å²) in [6.45, 7) is 4.10. The molecule has 0 fully saturated rings. The fraction of sp³-hybridized carbons (Fsp3) is 0.545. The smallest absolute Gasteiger partial charge is 0.260 e. The summed E-state index contributed by atoms with van der Waals surface area (Å²) in [5.41, 5.74) is 0.698. The molecule has 0 atom stereocenters. The van der Waals surface area contributed by atoms with E-state index in [1.807, 2.05) is 13.8 Å². The molecule has 0 bridgehead atoms. The molecule has 2 rings (SSSR count). The van der Waals surface area contributed by atoms with Crippen molar-refractivity contribution >= 4 is 55.2 Å². The van der Waals surface area contributed by atoms with Gasteiger partial charge in [0.25, 0.3) is 5.91 Å². The van der Waals surface area contributed by atoms with Gasteiger partial charge in [-0.15, -0.1) is 0 Å². The Kier molecular flexibility index (Phi) is 3.99. The molecule has 2 heterocycles. The summed E-state index contributed by atoms with van der Waals surface area (Å²) >= 11 is 12.6. The normalized spacial score (nSPS) is 17.4. The Morgan fingerprint density at radius 1 is 1.44 bits per heavy atom. The minimum Gasteiger partial charge on any atom is -0.291 e. The average molecular weight is 397 g/mol. The SMILES string of the molecule is CCC(CC)N1C(=O)C(Br)(Br)c2cnc(Cl)nc21. The number of amides is 1. The molecule has 1 aromatic rings. The summed E-state index contributed by atoms with van der Waals surface area (Å²) in [5.74, 6) is 0.505. The highest BCUT2D eigenvalue weighted by Gasteiger charge is 2.50. The maximum atomic E-state index is 12.5. The number of alkyl halides is 2. The van der Waals surface area contributed by atoms with E-state index in [2.05, 4.69) is 41.8 Å². The van der Waals surface area contributed by atoms with E-state index in [4.69, 9.17) is 11.6 Å². The van der Waals surface area contributed by atoms with Crippen molar-refractivity contribution in [3.8, 4) is 0 Å². The van der Waals surface area contributed by atoms with Crippen molar-refractivity contribution in [2.24, 2.45) is 0 Å². The zero-order valence-electron chi connectivity index (χ0n) is 9.95. The van der Waals surface area contributed by atoms with Gasteiger partial charge in [0.2, 0.25) is 5.28 Å². The van der Waals surface area contributed by atoms with E-state index in [1.54, 1.807) is 11.1 Å². The zero-order valence-corrected chi connectivity index (χ0v) is 13.9. The number of halogens is 3. The first-order valence-electron chi connectivity index (χ1n) is 5.67. The minimum absolute atomic E-state index is 0.0808. The Morgan fingerprint density at radius 3 is 2.61 bits per heavy atom. The van der Waals surface area contributed by atoms with Crippen molar-refractivity contribution in [3.05, 3.63) is 17.0 Å². The lowest BCUT2D eigenvalue weighted by atomic mass is 10.1. The van der Waals surface area contributed by atoms with Gasteiger partial charge in [-0.05, 0) is 24.4 Å². The molecule has 0 aliphatic carbocycles. The molecule has 7 heteroatoms. The maximum Gasteiger partial charge on any atom is 0.260 e. The van der Waals surface area contributed by atoms with Gasteiger partial charge >= 0.3 is 0 Å². The Labute approximate surface area is 127 Å². The molecule has 0 aromatic carbocycles. The van der Waals surface area contributed by atoms with Crippen molar-refractivity contribution in [2.75, 3.05) is 4.90 Å².